The van der Waals surface area contributed by atoms with Gasteiger partial charge in [0.1, 0.15) is 6.54 Å². The van der Waals surface area contributed by atoms with Crippen LogP contribution in [0.1, 0.15) is 16.7 Å². The maximum atomic E-state index is 13.4. The molecule has 1 amide bonds. The number of ether oxygens (including phenoxy) is 2. The number of nitrogens with zero attached hydrogens (tertiary/aromatic N) is 3. The fourth-order valence-electron chi connectivity index (χ4n) is 4.16. The summed E-state index contributed by atoms with van der Waals surface area (Å²) in [7, 11) is 3.10. The van der Waals surface area contributed by atoms with Crippen LogP contribution in [-0.2, 0) is 24.3 Å². The normalized spacial score (nSPS) is 10.9. The van der Waals surface area contributed by atoms with Gasteiger partial charge in [-0.15, -0.1) is 0 Å². The highest BCUT2D eigenvalue weighted by atomic mass is 16.5. The Morgan fingerprint density at radius 3 is 2.47 bits per heavy atom. The number of aromatic nitrogens is 3. The van der Waals surface area contributed by atoms with Gasteiger partial charge in [-0.3, -0.25) is 18.7 Å². The van der Waals surface area contributed by atoms with E-state index in [-0.39, 0.29) is 24.5 Å². The first-order chi connectivity index (χ1) is 17.3. The van der Waals surface area contributed by atoms with Crippen molar-refractivity contribution in [1.29, 1.82) is 0 Å². The molecular weight excluding hydrogens is 460 g/mol. The molecule has 9 nitrogen and oxygen atoms in total. The van der Waals surface area contributed by atoms with Crippen LogP contribution in [0.15, 0.2) is 64.3 Å². The fourth-order valence-corrected chi connectivity index (χ4v) is 4.16. The van der Waals surface area contributed by atoms with Crippen LogP contribution in [0.25, 0.3) is 11.0 Å². The van der Waals surface area contributed by atoms with E-state index in [0.29, 0.717) is 29.1 Å². The van der Waals surface area contributed by atoms with Gasteiger partial charge in [0.05, 0.1) is 19.7 Å². The summed E-state index contributed by atoms with van der Waals surface area (Å²) in [6.07, 6.45) is 1.88. The van der Waals surface area contributed by atoms with E-state index in [1.165, 1.54) is 10.8 Å². The van der Waals surface area contributed by atoms with Crippen LogP contribution in [0.5, 0.6) is 11.5 Å². The Kier molecular flexibility index (Phi) is 7.19. The second-order valence-corrected chi connectivity index (χ2v) is 8.50. The van der Waals surface area contributed by atoms with E-state index in [1.807, 2.05) is 38.1 Å². The lowest BCUT2D eigenvalue weighted by Gasteiger charge is -2.15. The van der Waals surface area contributed by atoms with Crippen molar-refractivity contribution >= 4 is 22.6 Å². The molecule has 0 aliphatic carbocycles. The van der Waals surface area contributed by atoms with Gasteiger partial charge in [-0.1, -0.05) is 23.8 Å². The molecule has 0 spiro atoms. The molecule has 2 heterocycles. The molecule has 0 aliphatic rings. The highest BCUT2D eigenvalue weighted by Gasteiger charge is 2.17. The number of aryl methyl sites for hydroxylation is 3. The highest BCUT2D eigenvalue weighted by molar-refractivity contribution is 5.92. The van der Waals surface area contributed by atoms with Crippen LogP contribution < -0.4 is 26.0 Å². The zero-order valence-corrected chi connectivity index (χ0v) is 20.7. The maximum Gasteiger partial charge on any atom is 0.332 e. The van der Waals surface area contributed by atoms with Crippen molar-refractivity contribution in [3.63, 3.8) is 0 Å². The monoisotopic (exact) mass is 488 g/mol. The molecule has 4 rings (SSSR count). The van der Waals surface area contributed by atoms with Crippen molar-refractivity contribution in [3.05, 3.63) is 92.3 Å². The third kappa shape index (κ3) is 5.00. The number of fused-ring (bicyclic) bond motifs is 1. The Balaban J connectivity index is 1.67. The van der Waals surface area contributed by atoms with Gasteiger partial charge in [0.2, 0.25) is 5.91 Å². The van der Waals surface area contributed by atoms with Crippen LogP contribution in [0.4, 0.5) is 5.69 Å². The molecule has 0 radical (unpaired) electrons. The predicted octanol–water partition coefficient (Wildman–Crippen LogP) is 3.07. The molecule has 186 valence electrons. The Bertz CT molecular complexity index is 1550. The van der Waals surface area contributed by atoms with E-state index < -0.39 is 11.2 Å². The zero-order chi connectivity index (χ0) is 25.8. The quantitative estimate of drug-likeness (QED) is 0.409. The highest BCUT2D eigenvalue weighted by Crippen LogP contribution is 2.27. The van der Waals surface area contributed by atoms with E-state index in [2.05, 4.69) is 10.3 Å². The topological polar surface area (TPSA) is 104 Å². The summed E-state index contributed by atoms with van der Waals surface area (Å²) in [5, 5.41) is 2.86. The van der Waals surface area contributed by atoms with Gasteiger partial charge in [-0.05, 0) is 61.7 Å². The number of pyridine rings is 1. The molecular formula is C27H28N4O5. The molecule has 2 aromatic carbocycles. The standard InChI is InChI=1S/C27H28N4O5/c1-17-7-9-20(18(2)14-17)29-24(32)16-31-21-6-5-12-28-25(21)26(33)30(27(31)34)13-11-19-8-10-22(35-3)23(15-19)36-4/h5-10,12,14-15H,11,13,16H2,1-4H3,(H,29,32). The fraction of sp³-hybridized carbons (Fsp3) is 0.259. The van der Waals surface area contributed by atoms with E-state index in [0.717, 1.165) is 21.3 Å². The number of hydrogen-bond donors (Lipinski definition) is 1. The molecule has 2 aromatic heterocycles. The molecule has 0 unspecified atom stereocenters. The van der Waals surface area contributed by atoms with Gasteiger partial charge in [0.25, 0.3) is 5.56 Å². The van der Waals surface area contributed by atoms with Crippen molar-refractivity contribution in [3.8, 4) is 11.5 Å². The average Bonchev–Trinajstić information content (AvgIpc) is 2.88. The summed E-state index contributed by atoms with van der Waals surface area (Å²) in [5.74, 6) is 0.771. The summed E-state index contributed by atoms with van der Waals surface area (Å²) in [4.78, 5) is 43.7. The molecule has 36 heavy (non-hydrogen) atoms. The number of anilines is 1. The van der Waals surface area contributed by atoms with Gasteiger partial charge in [-0.25, -0.2) is 9.78 Å². The van der Waals surface area contributed by atoms with Crippen molar-refractivity contribution in [2.24, 2.45) is 0 Å². The number of amides is 1. The van der Waals surface area contributed by atoms with Crippen LogP contribution in [0.3, 0.4) is 0 Å². The van der Waals surface area contributed by atoms with Crippen LogP contribution in [-0.4, -0.2) is 34.2 Å². The summed E-state index contributed by atoms with van der Waals surface area (Å²) < 4.78 is 13.0. The Labute approximate surface area is 207 Å². The Morgan fingerprint density at radius 2 is 1.75 bits per heavy atom. The third-order valence-electron chi connectivity index (χ3n) is 6.02. The molecule has 0 atom stereocenters. The molecule has 4 aromatic rings. The average molecular weight is 489 g/mol. The number of hydrogen-bond acceptors (Lipinski definition) is 6. The first-order valence-corrected chi connectivity index (χ1v) is 11.5. The lowest BCUT2D eigenvalue weighted by atomic mass is 10.1. The number of rotatable bonds is 8. The van der Waals surface area contributed by atoms with Crippen molar-refractivity contribution in [2.75, 3.05) is 19.5 Å². The lowest BCUT2D eigenvalue weighted by Crippen LogP contribution is -2.42. The first kappa shape index (κ1) is 24.7. The Morgan fingerprint density at radius 1 is 0.972 bits per heavy atom. The SMILES string of the molecule is COc1ccc(CCn2c(=O)c3ncccc3n(CC(=O)Nc3ccc(C)cc3C)c2=O)cc1OC. The van der Waals surface area contributed by atoms with Crippen LogP contribution in [0.2, 0.25) is 0 Å². The molecule has 0 aliphatic heterocycles. The van der Waals surface area contributed by atoms with Gasteiger partial charge < -0.3 is 14.8 Å². The molecule has 1 N–H and O–H groups in total. The minimum atomic E-state index is -0.572. The first-order valence-electron chi connectivity index (χ1n) is 11.5. The summed E-state index contributed by atoms with van der Waals surface area (Å²) in [5.41, 5.74) is 2.90. The van der Waals surface area contributed by atoms with E-state index in [9.17, 15) is 14.4 Å². The molecule has 0 fully saturated rings. The van der Waals surface area contributed by atoms with Gasteiger partial charge in [-0.2, -0.15) is 0 Å². The van der Waals surface area contributed by atoms with Crippen LogP contribution >= 0.6 is 0 Å². The van der Waals surface area contributed by atoms with Gasteiger partial charge in [0.15, 0.2) is 17.0 Å². The smallest absolute Gasteiger partial charge is 0.332 e. The summed E-state index contributed by atoms with van der Waals surface area (Å²) in [6.45, 7) is 3.73. The molecule has 9 heteroatoms. The van der Waals surface area contributed by atoms with Gasteiger partial charge in [0, 0.05) is 18.4 Å². The number of carbonyl (C=O) groups is 1. The minimum absolute atomic E-state index is 0.109. The van der Waals surface area contributed by atoms with Crippen LogP contribution in [0, 0.1) is 13.8 Å². The van der Waals surface area contributed by atoms with Crippen molar-refractivity contribution in [2.45, 2.75) is 33.4 Å². The number of benzene rings is 2. The molecule has 0 bridgehead atoms. The summed E-state index contributed by atoms with van der Waals surface area (Å²) >= 11 is 0. The Hall–Kier alpha value is -4.40. The number of nitrogens with one attached hydrogen (secondary N) is 1. The summed E-state index contributed by atoms with van der Waals surface area (Å²) in [6, 6.07) is 14.4. The zero-order valence-electron chi connectivity index (χ0n) is 20.7. The number of methoxy groups -OCH3 is 2. The predicted molar refractivity (Wildman–Crippen MR) is 138 cm³/mol. The largest absolute Gasteiger partial charge is 0.493 e. The van der Waals surface area contributed by atoms with Crippen molar-refractivity contribution in [1.82, 2.24) is 14.1 Å². The second-order valence-electron chi connectivity index (χ2n) is 8.50. The van der Waals surface area contributed by atoms with Gasteiger partial charge >= 0.3 is 5.69 Å². The van der Waals surface area contributed by atoms with E-state index in [1.54, 1.807) is 38.5 Å². The maximum absolute atomic E-state index is 13.4. The molecule has 0 saturated carbocycles. The second kappa shape index (κ2) is 10.5. The van der Waals surface area contributed by atoms with E-state index in [4.69, 9.17) is 9.47 Å². The lowest BCUT2D eigenvalue weighted by molar-refractivity contribution is -0.116. The third-order valence-corrected chi connectivity index (χ3v) is 6.02. The van der Waals surface area contributed by atoms with Crippen molar-refractivity contribution < 1.29 is 14.3 Å². The minimum Gasteiger partial charge on any atom is -0.493 e. The molecule has 0 saturated heterocycles. The van der Waals surface area contributed by atoms with E-state index >= 15 is 0 Å². The number of carbonyl (C=O) groups excluding carboxylic acids is 1.